The lowest BCUT2D eigenvalue weighted by molar-refractivity contribution is -0.345. The summed E-state index contributed by atoms with van der Waals surface area (Å²) in [6, 6.07) is 9.33. The fourth-order valence-electron chi connectivity index (χ4n) is 7.22. The number of benzene rings is 3. The number of esters is 1. The van der Waals surface area contributed by atoms with E-state index in [4.69, 9.17) is 42.3 Å². The lowest BCUT2D eigenvalue weighted by atomic mass is 9.98. The highest BCUT2D eigenvalue weighted by Crippen LogP contribution is 2.46. The Hall–Kier alpha value is -5.84. The van der Waals surface area contributed by atoms with E-state index >= 15 is 0 Å². The van der Waals surface area contributed by atoms with Crippen LogP contribution in [0.1, 0.15) is 5.56 Å². The van der Waals surface area contributed by atoms with E-state index in [2.05, 4.69) is 0 Å². The van der Waals surface area contributed by atoms with Crippen LogP contribution in [0.4, 0.5) is 0 Å². The Balaban J connectivity index is 1.27. The number of phenolic OH excluding ortho intramolecular Hbond substituents is 5. The van der Waals surface area contributed by atoms with E-state index in [9.17, 15) is 76.3 Å². The molecule has 3 saturated heterocycles. The van der Waals surface area contributed by atoms with Gasteiger partial charge in [0.1, 0.15) is 84.5 Å². The second-order valence-electron chi connectivity index (χ2n) is 15.4. The number of phenols is 5. The molecule has 0 bridgehead atoms. The van der Waals surface area contributed by atoms with Crippen molar-refractivity contribution >= 4 is 23.0 Å². The zero-order valence-corrected chi connectivity index (χ0v) is 34.3. The predicted molar refractivity (Wildman–Crippen MR) is 216 cm³/mol. The summed E-state index contributed by atoms with van der Waals surface area (Å²) in [5, 5.41) is 147. The van der Waals surface area contributed by atoms with Crippen molar-refractivity contribution in [1.29, 1.82) is 0 Å². The number of hydrogen-bond donors (Lipinski definition) is 14. The standard InChI is InChI=1S/C42H46O24/c1-58-25-6-15(2-4-19(25)45)3-5-29(49)59-14-28-33(53)35(55)39(66-40-36(56)31(51)22(48)13-60-40)42(65-28)63-26-11-18-23(61-38(26)16-7-20(46)30(50)21(47)8-16)9-17(44)10-24(18)62-41-37(57)34(54)32(52)27(12-43)64-41/h2-11,22,27-28,31-37,39-43,48,51-57H,12-14H2,1H3,(H4-,44,45,46,47,49,50)/p+1/t22-,27-,28-,31+,32-,33-,34+,35+,36-,37-,39-,40+,41-,42-/m1/s1. The minimum Gasteiger partial charge on any atom is -0.507 e. The first kappa shape index (κ1) is 48.1. The van der Waals surface area contributed by atoms with Gasteiger partial charge in [-0.3, -0.25) is 0 Å². The van der Waals surface area contributed by atoms with E-state index in [1.807, 2.05) is 0 Å². The van der Waals surface area contributed by atoms with E-state index in [-0.39, 0.29) is 33.8 Å². The number of aliphatic hydroxyl groups is 9. The van der Waals surface area contributed by atoms with Crippen LogP contribution in [0.3, 0.4) is 0 Å². The van der Waals surface area contributed by atoms with E-state index in [0.29, 0.717) is 5.56 Å². The Morgan fingerprint density at radius 1 is 0.712 bits per heavy atom. The van der Waals surface area contributed by atoms with E-state index in [0.717, 1.165) is 36.4 Å². The maximum atomic E-state index is 12.9. The highest BCUT2D eigenvalue weighted by Gasteiger charge is 2.51. The molecule has 4 aromatic rings. The fourth-order valence-corrected chi connectivity index (χ4v) is 7.22. The van der Waals surface area contributed by atoms with Crippen LogP contribution in [0, 0.1) is 0 Å². The molecule has 24 heteroatoms. The molecule has 0 saturated carbocycles. The van der Waals surface area contributed by atoms with E-state index in [1.165, 1.54) is 31.4 Å². The van der Waals surface area contributed by atoms with Gasteiger partial charge in [0.15, 0.2) is 41.1 Å². The number of hydrogen-bond acceptors (Lipinski definition) is 23. The van der Waals surface area contributed by atoms with Crippen molar-refractivity contribution in [2.24, 2.45) is 0 Å². The van der Waals surface area contributed by atoms with Crippen molar-refractivity contribution in [2.75, 3.05) is 26.9 Å². The van der Waals surface area contributed by atoms with Crippen molar-refractivity contribution < 1.29 is 119 Å². The lowest BCUT2D eigenvalue weighted by Gasteiger charge is -2.44. The summed E-state index contributed by atoms with van der Waals surface area (Å²) in [6.07, 6.45) is -23.1. The lowest BCUT2D eigenvalue weighted by Crippen LogP contribution is -2.64. The van der Waals surface area contributed by atoms with Gasteiger partial charge < -0.3 is 109 Å². The first-order valence-corrected chi connectivity index (χ1v) is 20.0. The molecule has 0 aliphatic carbocycles. The first-order valence-electron chi connectivity index (χ1n) is 20.0. The maximum absolute atomic E-state index is 12.9. The summed E-state index contributed by atoms with van der Waals surface area (Å²) in [4.78, 5) is 12.9. The van der Waals surface area contributed by atoms with Gasteiger partial charge in [-0.25, -0.2) is 9.21 Å². The van der Waals surface area contributed by atoms with Gasteiger partial charge in [-0.05, 0) is 23.8 Å². The Kier molecular flexibility index (Phi) is 14.5. The third-order valence-electron chi connectivity index (χ3n) is 10.9. The monoisotopic (exact) mass is 935 g/mol. The van der Waals surface area contributed by atoms with Crippen molar-refractivity contribution in [3.05, 3.63) is 60.2 Å². The van der Waals surface area contributed by atoms with Crippen LogP contribution in [-0.4, -0.2) is 190 Å². The molecule has 1 aromatic heterocycles. The molecule has 0 amide bonds. The van der Waals surface area contributed by atoms with Crippen LogP contribution < -0.4 is 14.2 Å². The van der Waals surface area contributed by atoms with Gasteiger partial charge in [-0.15, -0.1) is 0 Å². The second-order valence-corrected chi connectivity index (χ2v) is 15.4. The van der Waals surface area contributed by atoms with Crippen molar-refractivity contribution in [3.63, 3.8) is 0 Å². The average Bonchev–Trinajstić information content (AvgIpc) is 3.29. The van der Waals surface area contributed by atoms with Crippen molar-refractivity contribution in [3.8, 4) is 57.3 Å². The third kappa shape index (κ3) is 9.96. The summed E-state index contributed by atoms with van der Waals surface area (Å²) in [5.74, 6) is -5.40. The fraction of sp³-hybridized carbons (Fsp3) is 0.429. The molecule has 358 valence electrons. The number of rotatable bonds is 13. The van der Waals surface area contributed by atoms with Crippen LogP contribution in [0.15, 0.2) is 59.0 Å². The van der Waals surface area contributed by atoms with Crippen LogP contribution in [0.2, 0.25) is 0 Å². The van der Waals surface area contributed by atoms with Gasteiger partial charge >= 0.3 is 17.3 Å². The molecule has 3 aromatic carbocycles. The molecule has 4 heterocycles. The number of methoxy groups -OCH3 is 1. The molecule has 14 atom stereocenters. The quantitative estimate of drug-likeness (QED) is 0.0298. The summed E-state index contributed by atoms with van der Waals surface area (Å²) in [5.41, 5.74) is -0.0420. The van der Waals surface area contributed by atoms with Gasteiger partial charge in [0.25, 0.3) is 0 Å². The van der Waals surface area contributed by atoms with Crippen LogP contribution in [0.25, 0.3) is 28.4 Å². The van der Waals surface area contributed by atoms with Crippen LogP contribution in [0.5, 0.6) is 46.0 Å². The minimum atomic E-state index is -2.06. The highest BCUT2D eigenvalue weighted by atomic mass is 16.8. The molecule has 3 aliphatic heterocycles. The molecule has 0 unspecified atom stereocenters. The molecule has 0 spiro atoms. The average molecular weight is 936 g/mol. The summed E-state index contributed by atoms with van der Waals surface area (Å²) < 4.78 is 51.3. The molecule has 66 heavy (non-hydrogen) atoms. The molecular weight excluding hydrogens is 888 g/mol. The predicted octanol–water partition coefficient (Wildman–Crippen LogP) is -2.00. The maximum Gasteiger partial charge on any atom is 0.402 e. The van der Waals surface area contributed by atoms with Gasteiger partial charge in [-0.2, -0.15) is 0 Å². The zero-order valence-electron chi connectivity index (χ0n) is 34.3. The second kappa shape index (κ2) is 19.9. The van der Waals surface area contributed by atoms with Crippen LogP contribution in [-0.2, 0) is 28.5 Å². The van der Waals surface area contributed by atoms with Gasteiger partial charge in [0.05, 0.1) is 32.0 Å². The Morgan fingerprint density at radius 2 is 1.38 bits per heavy atom. The molecule has 0 radical (unpaired) electrons. The number of aliphatic hydroxyl groups excluding tert-OH is 9. The Labute approximate surface area is 371 Å². The summed E-state index contributed by atoms with van der Waals surface area (Å²) in [7, 11) is 1.33. The first-order chi connectivity index (χ1) is 31.4. The number of carbonyl (C=O) groups excluding carboxylic acids is 1. The Morgan fingerprint density at radius 3 is 2.08 bits per heavy atom. The molecule has 7 rings (SSSR count). The molecule has 3 aliphatic rings. The SMILES string of the molecule is COc1cc(C=CC(=O)OC[C@H]2O[C@@H](Oc3cc4c(O[C@@H]5O[C@H](CO)[C@@H](O)[C@H](O)[C@H]5O)cc(O)cc4[o+]c3-c3cc(O)c(O)c(O)c3)[C@H](O[C@@H]3OC[C@@H](O)[C@H](O)[C@H]3O)[C@@H](O)[C@@H]2O)ccc1O. The molecule has 24 nitrogen and oxygen atoms in total. The third-order valence-corrected chi connectivity index (χ3v) is 10.9. The summed E-state index contributed by atoms with van der Waals surface area (Å²) >= 11 is 0. The molecular formula is C42H47O24+. The summed E-state index contributed by atoms with van der Waals surface area (Å²) in [6.45, 7) is -2.13. The van der Waals surface area contributed by atoms with Gasteiger partial charge in [0, 0.05) is 30.3 Å². The topological polar surface area (TPSA) is 385 Å². The van der Waals surface area contributed by atoms with E-state index in [1.54, 1.807) is 0 Å². The van der Waals surface area contributed by atoms with Crippen molar-refractivity contribution in [1.82, 2.24) is 0 Å². The molecule has 3 fully saturated rings. The van der Waals surface area contributed by atoms with E-state index < -0.39 is 146 Å². The number of carbonyl (C=O) groups is 1. The normalized spacial score (nSPS) is 31.4. The molecule has 14 N–H and O–H groups in total. The smallest absolute Gasteiger partial charge is 0.402 e. The number of ether oxygens (including phenoxy) is 8. The van der Waals surface area contributed by atoms with Gasteiger partial charge in [0.2, 0.25) is 18.3 Å². The van der Waals surface area contributed by atoms with Crippen LogP contribution >= 0.6 is 0 Å². The number of fused-ring (bicyclic) bond motifs is 1. The van der Waals surface area contributed by atoms with Crippen molar-refractivity contribution in [2.45, 2.75) is 86.0 Å². The minimum absolute atomic E-state index is 0.120. The van der Waals surface area contributed by atoms with Gasteiger partial charge in [-0.1, -0.05) is 6.07 Å². The number of aromatic hydroxyl groups is 5. The zero-order chi connectivity index (χ0) is 47.7. The largest absolute Gasteiger partial charge is 0.507 e. The highest BCUT2D eigenvalue weighted by molar-refractivity contribution is 5.89. The Bertz CT molecular complexity index is 2370.